The third kappa shape index (κ3) is 3.28. The highest BCUT2D eigenvalue weighted by atomic mass is 32.2. The molecule has 1 atom stereocenters. The van der Waals surface area contributed by atoms with Crippen LogP contribution in [0.4, 0.5) is 0 Å². The number of aromatic nitrogens is 2. The van der Waals surface area contributed by atoms with Gasteiger partial charge in [-0.25, -0.2) is 8.42 Å². The van der Waals surface area contributed by atoms with E-state index < -0.39 is 16.1 Å². The summed E-state index contributed by atoms with van der Waals surface area (Å²) in [5.41, 5.74) is 1.72. The van der Waals surface area contributed by atoms with Crippen LogP contribution in [0.25, 0.3) is 11.0 Å². The first-order chi connectivity index (χ1) is 14.5. The lowest BCUT2D eigenvalue weighted by Gasteiger charge is -2.23. The lowest BCUT2D eigenvalue weighted by Crippen LogP contribution is -2.45. The number of carbonyl (C=O) groups excluding carboxylic acids is 1. The standard InChI is InChI=1S/C19H18N4O5S2/c24-19(20-10-12-6-7-15-16(9-12)28-11-27-15)14-4-2-8-23(14)30(25,26)17-5-1-3-13-18(17)22-29-21-13/h1,3,5-7,9,14H,2,4,8,10-11H2,(H,20,24)/t14-/m1/s1. The normalized spacial score (nSPS) is 18.7. The second-order valence-electron chi connectivity index (χ2n) is 7.07. The molecular weight excluding hydrogens is 428 g/mol. The number of ether oxygens (including phenoxy) is 2. The largest absolute Gasteiger partial charge is 0.454 e. The molecule has 0 spiro atoms. The number of rotatable bonds is 5. The quantitative estimate of drug-likeness (QED) is 0.637. The second kappa shape index (κ2) is 7.49. The van der Waals surface area contributed by atoms with Gasteiger partial charge in [0.05, 0.1) is 11.7 Å². The molecule has 0 bridgehead atoms. The molecule has 1 saturated heterocycles. The van der Waals surface area contributed by atoms with Crippen molar-refractivity contribution in [3.8, 4) is 11.5 Å². The Kier molecular flexibility index (Phi) is 4.80. The maximum Gasteiger partial charge on any atom is 0.246 e. The Labute approximate surface area is 177 Å². The molecule has 3 aromatic rings. The number of hydrogen-bond acceptors (Lipinski definition) is 8. The summed E-state index contributed by atoms with van der Waals surface area (Å²) >= 11 is 0.966. The van der Waals surface area contributed by atoms with Gasteiger partial charge in [-0.1, -0.05) is 12.1 Å². The topological polar surface area (TPSA) is 111 Å². The summed E-state index contributed by atoms with van der Waals surface area (Å²) in [6, 6.07) is 9.55. The minimum atomic E-state index is -3.88. The molecule has 0 radical (unpaired) electrons. The molecule has 5 rings (SSSR count). The molecule has 30 heavy (non-hydrogen) atoms. The molecule has 0 aliphatic carbocycles. The predicted molar refractivity (Wildman–Crippen MR) is 109 cm³/mol. The van der Waals surface area contributed by atoms with Crippen molar-refractivity contribution in [3.63, 3.8) is 0 Å². The van der Waals surface area contributed by atoms with Crippen LogP contribution in [0.1, 0.15) is 18.4 Å². The van der Waals surface area contributed by atoms with E-state index >= 15 is 0 Å². The van der Waals surface area contributed by atoms with Crippen molar-refractivity contribution in [2.75, 3.05) is 13.3 Å². The highest BCUT2D eigenvalue weighted by molar-refractivity contribution is 7.89. The van der Waals surface area contributed by atoms with Gasteiger partial charge in [0.15, 0.2) is 11.5 Å². The number of nitrogens with zero attached hydrogens (tertiary/aromatic N) is 3. The van der Waals surface area contributed by atoms with E-state index in [1.807, 2.05) is 12.1 Å². The van der Waals surface area contributed by atoms with Crippen molar-refractivity contribution < 1.29 is 22.7 Å². The highest BCUT2D eigenvalue weighted by Crippen LogP contribution is 2.33. The Morgan fingerprint density at radius 1 is 1.20 bits per heavy atom. The van der Waals surface area contributed by atoms with E-state index in [4.69, 9.17) is 9.47 Å². The van der Waals surface area contributed by atoms with Gasteiger partial charge >= 0.3 is 0 Å². The molecule has 9 nitrogen and oxygen atoms in total. The smallest absolute Gasteiger partial charge is 0.246 e. The van der Waals surface area contributed by atoms with Gasteiger partial charge < -0.3 is 14.8 Å². The third-order valence-electron chi connectivity index (χ3n) is 5.25. The number of fused-ring (bicyclic) bond motifs is 2. The van der Waals surface area contributed by atoms with Gasteiger partial charge in [-0.15, -0.1) is 0 Å². The zero-order valence-corrected chi connectivity index (χ0v) is 17.4. The van der Waals surface area contributed by atoms with Crippen LogP contribution in [0.2, 0.25) is 0 Å². The highest BCUT2D eigenvalue weighted by Gasteiger charge is 2.40. The van der Waals surface area contributed by atoms with Gasteiger partial charge in [0.1, 0.15) is 22.0 Å². The Morgan fingerprint density at radius 2 is 2.07 bits per heavy atom. The molecule has 1 amide bonds. The first-order valence-corrected chi connectivity index (χ1v) is 11.6. The van der Waals surface area contributed by atoms with E-state index in [1.54, 1.807) is 18.2 Å². The molecule has 1 fully saturated rings. The Bertz CT molecular complexity index is 1230. The summed E-state index contributed by atoms with van der Waals surface area (Å²) in [5, 5.41) is 2.85. The third-order valence-corrected chi connectivity index (χ3v) is 7.73. The van der Waals surface area contributed by atoms with E-state index in [0.29, 0.717) is 41.9 Å². The van der Waals surface area contributed by atoms with Gasteiger partial charge in [-0.2, -0.15) is 13.1 Å². The maximum absolute atomic E-state index is 13.3. The van der Waals surface area contributed by atoms with Crippen LogP contribution in [0.3, 0.4) is 0 Å². The van der Waals surface area contributed by atoms with Crippen LogP contribution in [0, 0.1) is 0 Å². The van der Waals surface area contributed by atoms with E-state index in [-0.39, 0.29) is 24.1 Å². The van der Waals surface area contributed by atoms with Gasteiger partial charge in [0, 0.05) is 13.1 Å². The Hall–Kier alpha value is -2.76. The van der Waals surface area contributed by atoms with E-state index in [9.17, 15) is 13.2 Å². The summed E-state index contributed by atoms with van der Waals surface area (Å²) in [6.07, 6.45) is 1.09. The van der Waals surface area contributed by atoms with Crippen molar-refractivity contribution >= 4 is 38.7 Å². The molecule has 2 aliphatic rings. The van der Waals surface area contributed by atoms with Gasteiger partial charge in [0.2, 0.25) is 22.7 Å². The molecule has 0 unspecified atom stereocenters. The molecular formula is C19H18N4O5S2. The Morgan fingerprint density at radius 3 is 2.97 bits per heavy atom. The maximum atomic E-state index is 13.3. The molecule has 0 saturated carbocycles. The minimum absolute atomic E-state index is 0.0872. The monoisotopic (exact) mass is 446 g/mol. The van der Waals surface area contributed by atoms with Crippen LogP contribution in [0.5, 0.6) is 11.5 Å². The van der Waals surface area contributed by atoms with Crippen LogP contribution in [0.15, 0.2) is 41.3 Å². The van der Waals surface area contributed by atoms with Crippen molar-refractivity contribution in [1.82, 2.24) is 18.4 Å². The molecule has 2 aliphatic heterocycles. The number of sulfonamides is 1. The van der Waals surface area contributed by atoms with Crippen molar-refractivity contribution in [2.45, 2.75) is 30.3 Å². The number of hydrogen-bond donors (Lipinski definition) is 1. The van der Waals surface area contributed by atoms with Gasteiger partial charge in [-0.3, -0.25) is 4.79 Å². The predicted octanol–water partition coefficient (Wildman–Crippen LogP) is 1.89. The van der Waals surface area contributed by atoms with Crippen LogP contribution >= 0.6 is 11.7 Å². The average molecular weight is 447 g/mol. The molecule has 2 aromatic carbocycles. The van der Waals surface area contributed by atoms with Gasteiger partial charge in [-0.05, 0) is 42.7 Å². The molecule has 1 aromatic heterocycles. The van der Waals surface area contributed by atoms with Crippen LogP contribution < -0.4 is 14.8 Å². The fourth-order valence-corrected chi connectivity index (χ4v) is 6.17. The zero-order chi connectivity index (χ0) is 20.7. The fraction of sp³-hybridized carbons (Fsp3) is 0.316. The SMILES string of the molecule is O=C(NCc1ccc2c(c1)OCO2)[C@H]1CCCN1S(=O)(=O)c1cccc2nsnc12. The van der Waals surface area contributed by atoms with Gasteiger partial charge in [0.25, 0.3) is 0 Å². The van der Waals surface area contributed by atoms with Crippen molar-refractivity contribution in [2.24, 2.45) is 0 Å². The number of amides is 1. The lowest BCUT2D eigenvalue weighted by atomic mass is 10.2. The number of carbonyl (C=O) groups is 1. The number of benzene rings is 2. The van der Waals surface area contributed by atoms with Crippen LogP contribution in [-0.4, -0.2) is 46.8 Å². The Balaban J connectivity index is 1.34. The summed E-state index contributed by atoms with van der Waals surface area (Å²) in [7, 11) is -3.88. The van der Waals surface area contributed by atoms with E-state index in [0.717, 1.165) is 17.3 Å². The molecule has 11 heteroatoms. The molecule has 3 heterocycles. The molecule has 156 valence electrons. The minimum Gasteiger partial charge on any atom is -0.454 e. The van der Waals surface area contributed by atoms with Crippen LogP contribution in [-0.2, 0) is 21.4 Å². The van der Waals surface area contributed by atoms with Crippen molar-refractivity contribution in [3.05, 3.63) is 42.0 Å². The van der Waals surface area contributed by atoms with E-state index in [1.165, 1.54) is 10.4 Å². The average Bonchev–Trinajstić information content (AvgIpc) is 3.51. The first kappa shape index (κ1) is 19.2. The lowest BCUT2D eigenvalue weighted by molar-refractivity contribution is -0.124. The molecule has 1 N–H and O–H groups in total. The first-order valence-electron chi connectivity index (χ1n) is 9.43. The van der Waals surface area contributed by atoms with E-state index in [2.05, 4.69) is 14.1 Å². The zero-order valence-electron chi connectivity index (χ0n) is 15.8. The number of nitrogens with one attached hydrogen (secondary N) is 1. The summed E-state index contributed by atoms with van der Waals surface area (Å²) in [5.74, 6) is 0.984. The summed E-state index contributed by atoms with van der Waals surface area (Å²) in [6.45, 7) is 0.741. The fourth-order valence-electron chi connectivity index (χ4n) is 3.76. The summed E-state index contributed by atoms with van der Waals surface area (Å²) in [4.78, 5) is 12.9. The second-order valence-corrected chi connectivity index (χ2v) is 9.45. The van der Waals surface area contributed by atoms with Crippen molar-refractivity contribution in [1.29, 1.82) is 0 Å². The summed E-state index contributed by atoms with van der Waals surface area (Å²) < 4.78 is 46.8.